The second-order valence-corrected chi connectivity index (χ2v) is 8.92. The van der Waals surface area contributed by atoms with Crippen LogP contribution in [-0.2, 0) is 14.8 Å². The van der Waals surface area contributed by atoms with Crippen molar-refractivity contribution >= 4 is 28.1 Å². The molecule has 1 aromatic carbocycles. The maximum absolute atomic E-state index is 13.4. The number of hydrogen-bond acceptors (Lipinski definition) is 4. The molecule has 0 aliphatic rings. The van der Waals surface area contributed by atoms with E-state index in [9.17, 15) is 13.2 Å². The molecule has 0 atom stereocenters. The van der Waals surface area contributed by atoms with Gasteiger partial charge < -0.3 is 4.74 Å². The van der Waals surface area contributed by atoms with Crippen molar-refractivity contribution in [1.82, 2.24) is 3.97 Å². The largest absolute Gasteiger partial charge is 0.461 e. The third-order valence-electron chi connectivity index (χ3n) is 4.45. The monoisotopic (exact) mass is 403 g/mol. The molecule has 0 aliphatic carbocycles. The summed E-state index contributed by atoms with van der Waals surface area (Å²) in [5.41, 5.74) is 0.980. The number of ether oxygens (including phenoxy) is 1. The van der Waals surface area contributed by atoms with Crippen molar-refractivity contribution in [1.29, 1.82) is 0 Å². The van der Waals surface area contributed by atoms with Crippen molar-refractivity contribution in [2.75, 3.05) is 6.61 Å². The molecule has 1 heterocycles. The minimum atomic E-state index is -3.95. The maximum atomic E-state index is 13.4. The van der Waals surface area contributed by atoms with Gasteiger partial charge in [0.1, 0.15) is 5.69 Å². The van der Waals surface area contributed by atoms with E-state index in [0.29, 0.717) is 11.3 Å². The van der Waals surface area contributed by atoms with Gasteiger partial charge in [0, 0.05) is 0 Å². The van der Waals surface area contributed by atoms with Crippen molar-refractivity contribution in [2.45, 2.75) is 52.4 Å². The molecule has 6 heteroatoms. The fourth-order valence-corrected chi connectivity index (χ4v) is 4.51. The Bertz CT molecular complexity index is 1050. The van der Waals surface area contributed by atoms with Gasteiger partial charge in [0.2, 0.25) is 0 Å². The lowest BCUT2D eigenvalue weighted by molar-refractivity contribution is 0.0518. The number of rotatable bonds is 7. The average molecular weight is 404 g/mol. The van der Waals surface area contributed by atoms with Crippen LogP contribution in [0.25, 0.3) is 12.2 Å². The zero-order chi connectivity index (χ0) is 20.9. The van der Waals surface area contributed by atoms with Gasteiger partial charge in [0.25, 0.3) is 10.0 Å². The minimum Gasteiger partial charge on any atom is -0.461 e. The first-order valence-corrected chi connectivity index (χ1v) is 11.0. The van der Waals surface area contributed by atoms with E-state index in [1.807, 2.05) is 13.0 Å². The number of aromatic nitrogens is 1. The van der Waals surface area contributed by atoms with Crippen LogP contribution in [0.3, 0.4) is 0 Å². The number of esters is 1. The highest BCUT2D eigenvalue weighted by Crippen LogP contribution is 2.15. The van der Waals surface area contributed by atoms with Crippen LogP contribution in [0.4, 0.5) is 0 Å². The van der Waals surface area contributed by atoms with Crippen molar-refractivity contribution in [3.63, 3.8) is 0 Å². The van der Waals surface area contributed by atoms with Gasteiger partial charge in [-0.1, -0.05) is 43.7 Å². The Balaban J connectivity index is 2.74. The standard InChI is InChI=1S/C22H29NO4S/c1-6-20-18(10-8-9-16(3)4)15-21(22(24)27-7-2)23(20)28(25,26)19-13-11-17(5)12-14-19/h6,10-16H,7-9H2,1-5H3/b18-10-,20-6?. The Morgan fingerprint density at radius 3 is 2.39 bits per heavy atom. The van der Waals surface area contributed by atoms with Gasteiger partial charge in [0.05, 0.1) is 16.9 Å². The second kappa shape index (κ2) is 9.24. The number of nitrogens with zero attached hydrogens (tertiary/aromatic N) is 1. The van der Waals surface area contributed by atoms with Gasteiger partial charge in [-0.2, -0.15) is 0 Å². The average Bonchev–Trinajstić information content (AvgIpc) is 3.01. The van der Waals surface area contributed by atoms with E-state index < -0.39 is 16.0 Å². The SMILES string of the molecule is CC=c1/c(=C\CCC(C)C)cc(C(=O)OCC)n1S(=O)(=O)c1ccc(C)cc1. The van der Waals surface area contributed by atoms with E-state index >= 15 is 0 Å². The van der Waals surface area contributed by atoms with E-state index in [0.717, 1.165) is 27.6 Å². The van der Waals surface area contributed by atoms with Gasteiger partial charge >= 0.3 is 5.97 Å². The molecule has 0 amide bonds. The Kier molecular flexibility index (Phi) is 7.24. The number of hydrogen-bond donors (Lipinski definition) is 0. The molecule has 2 rings (SSSR count). The van der Waals surface area contributed by atoms with Crippen molar-refractivity contribution in [3.05, 3.63) is 52.2 Å². The molecule has 5 nitrogen and oxygen atoms in total. The highest BCUT2D eigenvalue weighted by Gasteiger charge is 2.25. The molecule has 0 bridgehead atoms. The molecule has 0 saturated heterocycles. The zero-order valence-corrected chi connectivity index (χ0v) is 18.0. The molecular formula is C22H29NO4S. The third kappa shape index (κ3) is 4.73. The highest BCUT2D eigenvalue weighted by atomic mass is 32.2. The fraction of sp³-hybridized carbons (Fsp3) is 0.409. The lowest BCUT2D eigenvalue weighted by Crippen LogP contribution is -2.34. The summed E-state index contributed by atoms with van der Waals surface area (Å²) in [6.45, 7) is 9.80. The van der Waals surface area contributed by atoms with E-state index in [2.05, 4.69) is 13.8 Å². The number of aryl methyl sites for hydroxylation is 1. The Labute approximate surface area is 167 Å². The molecule has 0 radical (unpaired) electrons. The van der Waals surface area contributed by atoms with Crippen LogP contribution in [0.2, 0.25) is 0 Å². The fourth-order valence-electron chi connectivity index (χ4n) is 2.97. The zero-order valence-electron chi connectivity index (χ0n) is 17.2. The first-order chi connectivity index (χ1) is 13.2. The van der Waals surface area contributed by atoms with Crippen LogP contribution in [0.5, 0.6) is 0 Å². The molecule has 2 aromatic rings. The summed E-state index contributed by atoms with van der Waals surface area (Å²) in [7, 11) is -3.95. The lowest BCUT2D eigenvalue weighted by Gasteiger charge is -2.11. The van der Waals surface area contributed by atoms with E-state index in [1.54, 1.807) is 50.3 Å². The van der Waals surface area contributed by atoms with Gasteiger partial charge in [-0.25, -0.2) is 17.2 Å². The molecule has 0 fully saturated rings. The van der Waals surface area contributed by atoms with Crippen LogP contribution in [-0.4, -0.2) is 25.0 Å². The molecule has 0 N–H and O–H groups in total. The second-order valence-electron chi connectivity index (χ2n) is 7.14. The minimum absolute atomic E-state index is 0.0197. The third-order valence-corrected chi connectivity index (χ3v) is 6.19. The van der Waals surface area contributed by atoms with Gasteiger partial charge in [-0.05, 0) is 62.9 Å². The smallest absolute Gasteiger partial charge is 0.356 e. The first-order valence-electron chi connectivity index (χ1n) is 9.60. The van der Waals surface area contributed by atoms with E-state index in [1.165, 1.54) is 0 Å². The summed E-state index contributed by atoms with van der Waals surface area (Å²) >= 11 is 0. The van der Waals surface area contributed by atoms with Gasteiger partial charge in [0.15, 0.2) is 0 Å². The topological polar surface area (TPSA) is 65.4 Å². The van der Waals surface area contributed by atoms with Crippen molar-refractivity contribution < 1.29 is 17.9 Å². The number of benzene rings is 1. The van der Waals surface area contributed by atoms with Crippen LogP contribution in [0, 0.1) is 12.8 Å². The molecular weight excluding hydrogens is 374 g/mol. The van der Waals surface area contributed by atoms with E-state index in [-0.39, 0.29) is 17.2 Å². The number of carbonyl (C=O) groups is 1. The summed E-state index contributed by atoms with van der Waals surface area (Å²) < 4.78 is 33.0. The summed E-state index contributed by atoms with van der Waals surface area (Å²) in [6.07, 6.45) is 5.48. The molecule has 28 heavy (non-hydrogen) atoms. The van der Waals surface area contributed by atoms with Gasteiger partial charge in [-0.3, -0.25) is 0 Å². The lowest BCUT2D eigenvalue weighted by atomic mass is 10.1. The van der Waals surface area contributed by atoms with E-state index in [4.69, 9.17) is 4.74 Å². The molecule has 152 valence electrons. The summed E-state index contributed by atoms with van der Waals surface area (Å²) in [4.78, 5) is 12.7. The first kappa shape index (κ1) is 22.0. The Morgan fingerprint density at radius 1 is 1.21 bits per heavy atom. The van der Waals surface area contributed by atoms with Crippen LogP contribution >= 0.6 is 0 Å². The number of carbonyl (C=O) groups excluding carboxylic acids is 1. The van der Waals surface area contributed by atoms with Gasteiger partial charge in [-0.15, -0.1) is 0 Å². The molecule has 0 aliphatic heterocycles. The van der Waals surface area contributed by atoms with Crippen LogP contribution < -0.4 is 10.6 Å². The predicted molar refractivity (Wildman–Crippen MR) is 112 cm³/mol. The summed E-state index contributed by atoms with van der Waals surface area (Å²) in [5, 5.41) is 1.20. The molecule has 0 unspecified atom stereocenters. The highest BCUT2D eigenvalue weighted by molar-refractivity contribution is 7.90. The maximum Gasteiger partial charge on any atom is 0.356 e. The van der Waals surface area contributed by atoms with Crippen LogP contribution in [0.1, 0.15) is 56.6 Å². The van der Waals surface area contributed by atoms with Crippen molar-refractivity contribution in [3.8, 4) is 0 Å². The molecule has 1 aromatic heterocycles. The molecule has 0 saturated carbocycles. The van der Waals surface area contributed by atoms with Crippen molar-refractivity contribution in [2.24, 2.45) is 5.92 Å². The normalized spacial score (nSPS) is 13.4. The predicted octanol–water partition coefficient (Wildman–Crippen LogP) is 3.23. The van der Waals surface area contributed by atoms with Crippen LogP contribution in [0.15, 0.2) is 35.2 Å². The summed E-state index contributed by atoms with van der Waals surface area (Å²) in [5.74, 6) is -0.113. The molecule has 0 spiro atoms. The summed E-state index contributed by atoms with van der Waals surface area (Å²) in [6, 6.07) is 8.21. The Morgan fingerprint density at radius 2 is 1.86 bits per heavy atom. The quantitative estimate of drug-likeness (QED) is 0.666. The Hall–Kier alpha value is -2.34.